The fraction of sp³-hybridized carbons (Fsp3) is 0.909. The minimum atomic E-state index is -0.168. The SMILES string of the molecule is COC(=O)C1(C)CC2CCC(C2)C1. The molecule has 74 valence electrons. The molecule has 2 aliphatic rings. The van der Waals surface area contributed by atoms with E-state index in [1.807, 2.05) is 0 Å². The first kappa shape index (κ1) is 9.04. The summed E-state index contributed by atoms with van der Waals surface area (Å²) in [5.74, 6) is 1.59. The van der Waals surface area contributed by atoms with Gasteiger partial charge in [0.25, 0.3) is 0 Å². The van der Waals surface area contributed by atoms with Gasteiger partial charge in [0.1, 0.15) is 0 Å². The molecule has 0 heterocycles. The van der Waals surface area contributed by atoms with Crippen molar-refractivity contribution in [1.29, 1.82) is 0 Å². The summed E-state index contributed by atoms with van der Waals surface area (Å²) >= 11 is 0. The highest BCUT2D eigenvalue weighted by Crippen LogP contribution is 2.50. The van der Waals surface area contributed by atoms with Crippen LogP contribution in [0.5, 0.6) is 0 Å². The quantitative estimate of drug-likeness (QED) is 0.582. The zero-order chi connectivity index (χ0) is 9.47. The van der Waals surface area contributed by atoms with Crippen LogP contribution in [0.1, 0.15) is 39.0 Å². The fourth-order valence-corrected chi connectivity index (χ4v) is 3.32. The first-order valence-corrected chi connectivity index (χ1v) is 5.22. The molecule has 0 radical (unpaired) electrons. The van der Waals surface area contributed by atoms with Gasteiger partial charge < -0.3 is 4.74 Å². The average Bonchev–Trinajstić information content (AvgIpc) is 2.44. The highest BCUT2D eigenvalue weighted by Gasteiger charge is 2.45. The van der Waals surface area contributed by atoms with Crippen LogP contribution in [-0.4, -0.2) is 13.1 Å². The monoisotopic (exact) mass is 182 g/mol. The molecule has 0 N–H and O–H groups in total. The zero-order valence-corrected chi connectivity index (χ0v) is 8.51. The molecule has 2 heteroatoms. The summed E-state index contributed by atoms with van der Waals surface area (Å²) in [7, 11) is 1.50. The van der Waals surface area contributed by atoms with Gasteiger partial charge in [0, 0.05) is 0 Å². The third-order valence-corrected chi connectivity index (χ3v) is 3.81. The summed E-state index contributed by atoms with van der Waals surface area (Å²) in [6, 6.07) is 0. The Kier molecular flexibility index (Phi) is 2.09. The van der Waals surface area contributed by atoms with Crippen LogP contribution in [0, 0.1) is 17.3 Å². The highest BCUT2D eigenvalue weighted by molar-refractivity contribution is 5.76. The molecule has 2 fully saturated rings. The number of rotatable bonds is 1. The van der Waals surface area contributed by atoms with Crippen molar-refractivity contribution in [3.8, 4) is 0 Å². The van der Waals surface area contributed by atoms with Gasteiger partial charge in [-0.1, -0.05) is 12.8 Å². The number of hydrogen-bond acceptors (Lipinski definition) is 2. The predicted molar refractivity (Wildman–Crippen MR) is 50.2 cm³/mol. The van der Waals surface area contributed by atoms with Crippen molar-refractivity contribution in [3.05, 3.63) is 0 Å². The lowest BCUT2D eigenvalue weighted by Crippen LogP contribution is -2.35. The second-order valence-electron chi connectivity index (χ2n) is 5.01. The van der Waals surface area contributed by atoms with E-state index in [-0.39, 0.29) is 11.4 Å². The van der Waals surface area contributed by atoms with E-state index in [9.17, 15) is 4.79 Å². The molecule has 0 spiro atoms. The topological polar surface area (TPSA) is 26.3 Å². The Morgan fingerprint density at radius 3 is 2.31 bits per heavy atom. The van der Waals surface area contributed by atoms with Crippen LogP contribution in [0.3, 0.4) is 0 Å². The third kappa shape index (κ3) is 1.47. The molecule has 2 unspecified atom stereocenters. The van der Waals surface area contributed by atoms with E-state index in [1.165, 1.54) is 26.4 Å². The van der Waals surface area contributed by atoms with Gasteiger partial charge in [-0.3, -0.25) is 4.79 Å². The Balaban J connectivity index is 2.12. The lowest BCUT2D eigenvalue weighted by atomic mass is 9.70. The number of carbonyl (C=O) groups excluding carboxylic acids is 1. The molecule has 0 aliphatic heterocycles. The molecule has 2 nitrogen and oxygen atoms in total. The van der Waals surface area contributed by atoms with E-state index in [0.29, 0.717) is 0 Å². The number of esters is 1. The molecule has 13 heavy (non-hydrogen) atoms. The van der Waals surface area contributed by atoms with E-state index < -0.39 is 0 Å². The second-order valence-corrected chi connectivity index (χ2v) is 5.01. The van der Waals surface area contributed by atoms with E-state index in [4.69, 9.17) is 4.74 Å². The number of fused-ring (bicyclic) bond motifs is 2. The van der Waals surface area contributed by atoms with Gasteiger partial charge in [-0.2, -0.15) is 0 Å². The van der Waals surface area contributed by atoms with E-state index in [2.05, 4.69) is 6.92 Å². The predicted octanol–water partition coefficient (Wildman–Crippen LogP) is 2.38. The highest BCUT2D eigenvalue weighted by atomic mass is 16.5. The molecule has 0 aromatic rings. The summed E-state index contributed by atoms with van der Waals surface area (Å²) < 4.78 is 4.88. The molecule has 2 rings (SSSR count). The normalized spacial score (nSPS) is 43.2. The molecule has 0 aromatic heterocycles. The van der Waals surface area contributed by atoms with Crippen molar-refractivity contribution >= 4 is 5.97 Å². The van der Waals surface area contributed by atoms with Crippen LogP contribution in [0.15, 0.2) is 0 Å². The Bertz CT molecular complexity index is 210. The lowest BCUT2D eigenvalue weighted by molar-refractivity contribution is -0.155. The minimum Gasteiger partial charge on any atom is -0.469 e. The number of methoxy groups -OCH3 is 1. The van der Waals surface area contributed by atoms with Gasteiger partial charge in [-0.15, -0.1) is 0 Å². The summed E-state index contributed by atoms with van der Waals surface area (Å²) in [5, 5.41) is 0. The first-order valence-electron chi connectivity index (χ1n) is 5.22. The summed E-state index contributed by atoms with van der Waals surface area (Å²) in [6.07, 6.45) is 6.12. The van der Waals surface area contributed by atoms with Crippen molar-refractivity contribution in [3.63, 3.8) is 0 Å². The Morgan fingerprint density at radius 1 is 1.31 bits per heavy atom. The second kappa shape index (κ2) is 3.00. The van der Waals surface area contributed by atoms with Crippen LogP contribution in [0.4, 0.5) is 0 Å². The molecule has 0 saturated heterocycles. The van der Waals surface area contributed by atoms with E-state index in [1.54, 1.807) is 0 Å². The Hall–Kier alpha value is -0.530. The van der Waals surface area contributed by atoms with Crippen molar-refractivity contribution in [1.82, 2.24) is 0 Å². The molecule has 2 saturated carbocycles. The van der Waals surface area contributed by atoms with Gasteiger partial charge in [0.15, 0.2) is 0 Å². The summed E-state index contributed by atoms with van der Waals surface area (Å²) in [6.45, 7) is 2.07. The zero-order valence-electron chi connectivity index (χ0n) is 8.51. The lowest BCUT2D eigenvalue weighted by Gasteiger charge is -2.34. The molecule has 2 bridgehead atoms. The van der Waals surface area contributed by atoms with Gasteiger partial charge in [0.05, 0.1) is 12.5 Å². The van der Waals surface area contributed by atoms with Crippen LogP contribution in [0.25, 0.3) is 0 Å². The molecular formula is C11H18O2. The van der Waals surface area contributed by atoms with Crippen molar-refractivity contribution in [2.45, 2.75) is 39.0 Å². The number of hydrogen-bond donors (Lipinski definition) is 0. The molecular weight excluding hydrogens is 164 g/mol. The third-order valence-electron chi connectivity index (χ3n) is 3.81. The largest absolute Gasteiger partial charge is 0.469 e. The maximum Gasteiger partial charge on any atom is 0.311 e. The number of carbonyl (C=O) groups is 1. The smallest absolute Gasteiger partial charge is 0.311 e. The molecule has 2 aliphatic carbocycles. The Morgan fingerprint density at radius 2 is 1.85 bits per heavy atom. The van der Waals surface area contributed by atoms with Gasteiger partial charge in [-0.25, -0.2) is 0 Å². The van der Waals surface area contributed by atoms with Crippen LogP contribution >= 0.6 is 0 Å². The van der Waals surface area contributed by atoms with Gasteiger partial charge in [-0.05, 0) is 38.0 Å². The molecule has 0 amide bonds. The fourth-order valence-electron chi connectivity index (χ4n) is 3.32. The van der Waals surface area contributed by atoms with E-state index in [0.717, 1.165) is 24.7 Å². The standard InChI is InChI=1S/C11H18O2/c1-11(10(12)13-2)6-8-3-4-9(5-8)7-11/h8-9H,3-7H2,1-2H3. The minimum absolute atomic E-state index is 0.00380. The average molecular weight is 182 g/mol. The van der Waals surface area contributed by atoms with Gasteiger partial charge in [0.2, 0.25) is 0 Å². The van der Waals surface area contributed by atoms with Crippen LogP contribution < -0.4 is 0 Å². The first-order chi connectivity index (χ1) is 6.14. The van der Waals surface area contributed by atoms with Crippen molar-refractivity contribution < 1.29 is 9.53 Å². The summed E-state index contributed by atoms with van der Waals surface area (Å²) in [4.78, 5) is 11.6. The van der Waals surface area contributed by atoms with Gasteiger partial charge >= 0.3 is 5.97 Å². The maximum atomic E-state index is 11.6. The maximum absolute atomic E-state index is 11.6. The molecule has 0 aromatic carbocycles. The Labute approximate surface area is 79.7 Å². The number of ether oxygens (including phenoxy) is 1. The van der Waals surface area contributed by atoms with Crippen molar-refractivity contribution in [2.24, 2.45) is 17.3 Å². The van der Waals surface area contributed by atoms with Crippen molar-refractivity contribution in [2.75, 3.05) is 7.11 Å². The van der Waals surface area contributed by atoms with E-state index >= 15 is 0 Å². The van der Waals surface area contributed by atoms with Crippen LogP contribution in [0.2, 0.25) is 0 Å². The van der Waals surface area contributed by atoms with Crippen LogP contribution in [-0.2, 0) is 9.53 Å². The summed E-state index contributed by atoms with van der Waals surface area (Å²) in [5.41, 5.74) is -0.168. The molecule has 2 atom stereocenters.